The van der Waals surface area contributed by atoms with Crippen molar-refractivity contribution >= 4 is 50.9 Å². The average molecular weight is 486 g/mol. The van der Waals surface area contributed by atoms with E-state index < -0.39 is 23.7 Å². The summed E-state index contributed by atoms with van der Waals surface area (Å²) in [5.41, 5.74) is 0.653. The van der Waals surface area contributed by atoms with Crippen LogP contribution in [0.5, 0.6) is 11.5 Å². The van der Waals surface area contributed by atoms with Gasteiger partial charge in [0, 0.05) is 0 Å². The minimum Gasteiger partial charge on any atom is -0.493 e. The molecule has 1 aromatic carbocycles. The predicted molar refractivity (Wildman–Crippen MR) is 115 cm³/mol. The Morgan fingerprint density at radius 3 is 2.55 bits per heavy atom. The molecule has 0 bridgehead atoms. The Morgan fingerprint density at radius 2 is 1.97 bits per heavy atom. The van der Waals surface area contributed by atoms with Crippen LogP contribution in [0.15, 0.2) is 21.5 Å². The highest BCUT2D eigenvalue weighted by Gasteiger charge is 2.36. The molecule has 1 saturated heterocycles. The minimum atomic E-state index is -0.625. The highest BCUT2D eigenvalue weighted by molar-refractivity contribution is 9.10. The number of amides is 2. The van der Waals surface area contributed by atoms with E-state index in [1.54, 1.807) is 32.1 Å². The van der Waals surface area contributed by atoms with Crippen LogP contribution in [0.3, 0.4) is 0 Å². The van der Waals surface area contributed by atoms with E-state index in [2.05, 4.69) is 15.9 Å². The Kier molecular flexibility index (Phi) is 8.15. The fourth-order valence-corrected chi connectivity index (χ4v) is 3.83. The first kappa shape index (κ1) is 23.3. The summed E-state index contributed by atoms with van der Waals surface area (Å²) in [5.74, 6) is -0.0792. The zero-order chi connectivity index (χ0) is 21.7. The monoisotopic (exact) mass is 485 g/mol. The number of carbonyl (C=O) groups excluding carboxylic acids is 3. The van der Waals surface area contributed by atoms with Crippen molar-refractivity contribution in [3.05, 3.63) is 27.1 Å². The first-order valence-electron chi connectivity index (χ1n) is 9.15. The Morgan fingerprint density at radius 1 is 1.28 bits per heavy atom. The number of nitrogens with zero attached hydrogens (tertiary/aromatic N) is 1. The van der Waals surface area contributed by atoms with E-state index in [0.29, 0.717) is 21.5 Å². The summed E-state index contributed by atoms with van der Waals surface area (Å²) in [5, 5.41) is -0.510. The number of benzene rings is 1. The zero-order valence-corrected chi connectivity index (χ0v) is 19.4. The number of hydrogen-bond donors (Lipinski definition) is 0. The largest absolute Gasteiger partial charge is 0.493 e. The lowest BCUT2D eigenvalue weighted by Crippen LogP contribution is -2.35. The molecule has 0 radical (unpaired) electrons. The van der Waals surface area contributed by atoms with Gasteiger partial charge in [0.25, 0.3) is 11.1 Å². The summed E-state index contributed by atoms with van der Waals surface area (Å²) in [6.07, 6.45) is 2.11. The normalized spacial score (nSPS) is 16.5. The number of imide groups is 1. The minimum absolute atomic E-state index is 0.00754. The van der Waals surface area contributed by atoms with E-state index >= 15 is 0 Å². The lowest BCUT2D eigenvalue weighted by molar-refractivity contribution is -0.149. The summed E-state index contributed by atoms with van der Waals surface area (Å²) in [7, 11) is 1.53. The lowest BCUT2D eigenvalue weighted by atomic mass is 10.1. The van der Waals surface area contributed by atoms with Gasteiger partial charge in [-0.2, -0.15) is 0 Å². The van der Waals surface area contributed by atoms with Gasteiger partial charge in [0.05, 0.1) is 28.7 Å². The third-order valence-electron chi connectivity index (χ3n) is 3.97. The van der Waals surface area contributed by atoms with Crippen LogP contribution in [-0.2, 0) is 14.3 Å². The molecule has 0 aromatic heterocycles. The van der Waals surface area contributed by atoms with Crippen molar-refractivity contribution in [1.82, 2.24) is 4.90 Å². The second-order valence-corrected chi connectivity index (χ2v) is 8.52. The molecule has 0 saturated carbocycles. The van der Waals surface area contributed by atoms with E-state index in [-0.39, 0.29) is 17.1 Å². The number of halogens is 1. The van der Waals surface area contributed by atoms with Gasteiger partial charge in [-0.25, -0.2) is 0 Å². The van der Waals surface area contributed by atoms with Gasteiger partial charge in [0.2, 0.25) is 0 Å². The van der Waals surface area contributed by atoms with Gasteiger partial charge < -0.3 is 14.2 Å². The van der Waals surface area contributed by atoms with Crippen molar-refractivity contribution in [2.45, 2.75) is 46.3 Å². The molecule has 2 rings (SSSR count). The molecule has 0 aliphatic carbocycles. The standard InChI is InChI=1S/C20H24BrNO6S/c1-6-12(4)28-18-14(21)7-13(8-15(18)26-5)9-16-19(24)22(20(25)29-16)10-17(23)27-11(2)3/h7-9,11-12H,6,10H2,1-5H3/b16-9+/t12-/m0/s1. The molecule has 1 atom stereocenters. The molecule has 158 valence electrons. The van der Waals surface area contributed by atoms with Crippen LogP contribution < -0.4 is 9.47 Å². The van der Waals surface area contributed by atoms with Crippen LogP contribution >= 0.6 is 27.7 Å². The molecule has 0 spiro atoms. The van der Waals surface area contributed by atoms with Crippen LogP contribution in [-0.4, -0.2) is 47.9 Å². The molecular weight excluding hydrogens is 462 g/mol. The van der Waals surface area contributed by atoms with Gasteiger partial charge in [-0.15, -0.1) is 0 Å². The molecule has 1 aliphatic heterocycles. The van der Waals surface area contributed by atoms with Crippen molar-refractivity contribution in [2.24, 2.45) is 0 Å². The van der Waals surface area contributed by atoms with Crippen LogP contribution in [0.4, 0.5) is 4.79 Å². The number of hydrogen-bond acceptors (Lipinski definition) is 7. The molecule has 1 fully saturated rings. The molecule has 1 aliphatic rings. The lowest BCUT2D eigenvalue weighted by Gasteiger charge is -2.17. The predicted octanol–water partition coefficient (Wildman–Crippen LogP) is 4.62. The van der Waals surface area contributed by atoms with Gasteiger partial charge in [-0.1, -0.05) is 6.92 Å². The Balaban J connectivity index is 2.25. The van der Waals surface area contributed by atoms with E-state index in [9.17, 15) is 14.4 Å². The van der Waals surface area contributed by atoms with Crippen LogP contribution in [0, 0.1) is 0 Å². The maximum Gasteiger partial charge on any atom is 0.326 e. The van der Waals surface area contributed by atoms with Crippen molar-refractivity contribution < 1.29 is 28.6 Å². The van der Waals surface area contributed by atoms with Crippen LogP contribution in [0.1, 0.15) is 39.7 Å². The summed E-state index contributed by atoms with van der Waals surface area (Å²) in [6.45, 7) is 6.97. The van der Waals surface area contributed by atoms with E-state index in [4.69, 9.17) is 14.2 Å². The number of thioether (sulfide) groups is 1. The van der Waals surface area contributed by atoms with Crippen molar-refractivity contribution in [3.8, 4) is 11.5 Å². The number of carbonyl (C=O) groups is 3. The molecule has 1 aromatic rings. The molecular formula is C20H24BrNO6S. The Bertz CT molecular complexity index is 839. The first-order valence-corrected chi connectivity index (χ1v) is 10.8. The summed E-state index contributed by atoms with van der Waals surface area (Å²) < 4.78 is 17.0. The van der Waals surface area contributed by atoms with Crippen molar-refractivity contribution in [3.63, 3.8) is 0 Å². The molecule has 0 N–H and O–H groups in total. The maximum absolute atomic E-state index is 12.6. The van der Waals surface area contributed by atoms with E-state index in [1.807, 2.05) is 13.8 Å². The van der Waals surface area contributed by atoms with Crippen molar-refractivity contribution in [1.29, 1.82) is 0 Å². The Labute approximate surface area is 182 Å². The Hall–Kier alpha value is -2.00. The smallest absolute Gasteiger partial charge is 0.326 e. The van der Waals surface area contributed by atoms with Gasteiger partial charge >= 0.3 is 5.97 Å². The van der Waals surface area contributed by atoms with E-state index in [1.165, 1.54) is 7.11 Å². The van der Waals surface area contributed by atoms with Gasteiger partial charge in [-0.3, -0.25) is 19.3 Å². The number of rotatable bonds is 8. The van der Waals surface area contributed by atoms with Crippen LogP contribution in [0.2, 0.25) is 0 Å². The molecule has 29 heavy (non-hydrogen) atoms. The average Bonchev–Trinajstić information content (AvgIpc) is 2.90. The topological polar surface area (TPSA) is 82.1 Å². The molecule has 1 heterocycles. The summed E-state index contributed by atoms with van der Waals surface area (Å²) in [4.78, 5) is 37.7. The highest BCUT2D eigenvalue weighted by Crippen LogP contribution is 2.39. The van der Waals surface area contributed by atoms with Gasteiger partial charge in [0.15, 0.2) is 11.5 Å². The maximum atomic E-state index is 12.6. The molecule has 2 amide bonds. The third kappa shape index (κ3) is 5.99. The third-order valence-corrected chi connectivity index (χ3v) is 5.47. The second-order valence-electron chi connectivity index (χ2n) is 6.68. The van der Waals surface area contributed by atoms with Crippen molar-refractivity contribution in [2.75, 3.05) is 13.7 Å². The fraction of sp³-hybridized carbons (Fsp3) is 0.450. The highest BCUT2D eigenvalue weighted by atomic mass is 79.9. The molecule has 0 unspecified atom stereocenters. The van der Waals surface area contributed by atoms with Gasteiger partial charge in [-0.05, 0) is 78.7 Å². The van der Waals surface area contributed by atoms with Gasteiger partial charge in [0.1, 0.15) is 6.54 Å². The number of esters is 1. The zero-order valence-electron chi connectivity index (χ0n) is 17.0. The summed E-state index contributed by atoms with van der Waals surface area (Å²) >= 11 is 4.25. The number of methoxy groups -OCH3 is 1. The quantitative estimate of drug-likeness (QED) is 0.392. The SMILES string of the molecule is CC[C@H](C)Oc1c(Br)cc(/C=C2/SC(=O)N(CC(=O)OC(C)C)C2=O)cc1OC. The van der Waals surface area contributed by atoms with E-state index in [0.717, 1.165) is 23.1 Å². The second kappa shape index (κ2) is 10.2. The molecule has 9 heteroatoms. The summed E-state index contributed by atoms with van der Waals surface area (Å²) in [6, 6.07) is 3.50. The number of ether oxygens (including phenoxy) is 3. The van der Waals surface area contributed by atoms with Crippen LogP contribution in [0.25, 0.3) is 6.08 Å². The first-order chi connectivity index (χ1) is 13.7. The molecule has 7 nitrogen and oxygen atoms in total. The fourth-order valence-electron chi connectivity index (χ4n) is 2.44.